The van der Waals surface area contributed by atoms with Crippen molar-refractivity contribution in [2.75, 3.05) is 46.2 Å². The van der Waals surface area contributed by atoms with Gasteiger partial charge in [0.1, 0.15) is 0 Å². The van der Waals surface area contributed by atoms with Crippen LogP contribution in [-0.2, 0) is 14.2 Å². The summed E-state index contributed by atoms with van der Waals surface area (Å²) in [6.45, 7) is 8.26. The van der Waals surface area contributed by atoms with Gasteiger partial charge in [0.15, 0.2) is 0 Å². The molecular formula is C18H38O4. The first-order valence-electron chi connectivity index (χ1n) is 9.19. The van der Waals surface area contributed by atoms with E-state index in [1.165, 1.54) is 44.9 Å². The molecule has 0 rings (SSSR count). The Labute approximate surface area is 137 Å². The summed E-state index contributed by atoms with van der Waals surface area (Å²) in [6, 6.07) is 0. The van der Waals surface area contributed by atoms with E-state index in [4.69, 9.17) is 19.3 Å². The van der Waals surface area contributed by atoms with E-state index in [2.05, 4.69) is 13.8 Å². The van der Waals surface area contributed by atoms with E-state index < -0.39 is 0 Å². The Bertz CT molecular complexity index is 200. The second kappa shape index (κ2) is 18.9. The highest BCUT2D eigenvalue weighted by Crippen LogP contribution is 2.19. The summed E-state index contributed by atoms with van der Waals surface area (Å²) in [5, 5.41) is 8.53. The van der Waals surface area contributed by atoms with E-state index in [1.54, 1.807) is 0 Å². The molecule has 0 saturated carbocycles. The Hall–Kier alpha value is -0.160. The van der Waals surface area contributed by atoms with Crippen LogP contribution >= 0.6 is 0 Å². The van der Waals surface area contributed by atoms with Crippen LogP contribution in [0.25, 0.3) is 0 Å². The van der Waals surface area contributed by atoms with Crippen LogP contribution in [0.1, 0.15) is 65.2 Å². The molecule has 0 saturated heterocycles. The second-order valence-electron chi connectivity index (χ2n) is 5.83. The van der Waals surface area contributed by atoms with Crippen LogP contribution < -0.4 is 0 Å². The van der Waals surface area contributed by atoms with Gasteiger partial charge in [-0.3, -0.25) is 0 Å². The quantitative estimate of drug-likeness (QED) is 0.390. The number of hydrogen-bond donors (Lipinski definition) is 1. The summed E-state index contributed by atoms with van der Waals surface area (Å²) >= 11 is 0. The van der Waals surface area contributed by atoms with Crippen LogP contribution in [0, 0.1) is 5.92 Å². The van der Waals surface area contributed by atoms with Crippen molar-refractivity contribution in [3.05, 3.63) is 0 Å². The SMILES string of the molecule is CCCCCCC(CC)CCCOCCOCCOCCO. The summed E-state index contributed by atoms with van der Waals surface area (Å²) in [5.41, 5.74) is 0. The van der Waals surface area contributed by atoms with Crippen LogP contribution in [0.4, 0.5) is 0 Å². The van der Waals surface area contributed by atoms with Gasteiger partial charge in [0.25, 0.3) is 0 Å². The first kappa shape index (κ1) is 21.8. The molecule has 0 aromatic heterocycles. The van der Waals surface area contributed by atoms with Gasteiger partial charge in [0.2, 0.25) is 0 Å². The van der Waals surface area contributed by atoms with Gasteiger partial charge in [-0.2, -0.15) is 0 Å². The number of rotatable bonds is 18. The topological polar surface area (TPSA) is 47.9 Å². The Morgan fingerprint density at radius 3 is 1.86 bits per heavy atom. The molecule has 0 amide bonds. The van der Waals surface area contributed by atoms with Crippen LogP contribution in [0.5, 0.6) is 0 Å². The molecule has 1 unspecified atom stereocenters. The normalized spacial score (nSPS) is 12.7. The molecule has 1 atom stereocenters. The molecule has 0 aliphatic rings. The van der Waals surface area contributed by atoms with Crippen LogP contribution in [0.2, 0.25) is 0 Å². The zero-order valence-electron chi connectivity index (χ0n) is 14.9. The van der Waals surface area contributed by atoms with Gasteiger partial charge < -0.3 is 19.3 Å². The van der Waals surface area contributed by atoms with Crippen molar-refractivity contribution in [1.29, 1.82) is 0 Å². The lowest BCUT2D eigenvalue weighted by Crippen LogP contribution is -2.11. The third-order valence-electron chi connectivity index (χ3n) is 3.92. The maximum Gasteiger partial charge on any atom is 0.0701 e. The molecule has 1 N–H and O–H groups in total. The van der Waals surface area contributed by atoms with Crippen molar-refractivity contribution < 1.29 is 19.3 Å². The lowest BCUT2D eigenvalue weighted by molar-refractivity contribution is 0.00682. The number of aliphatic hydroxyl groups excluding tert-OH is 1. The Kier molecular flexibility index (Phi) is 18.8. The Morgan fingerprint density at radius 1 is 0.682 bits per heavy atom. The van der Waals surface area contributed by atoms with Crippen molar-refractivity contribution in [3.8, 4) is 0 Å². The van der Waals surface area contributed by atoms with E-state index in [0.29, 0.717) is 33.0 Å². The highest BCUT2D eigenvalue weighted by Gasteiger charge is 2.05. The highest BCUT2D eigenvalue weighted by atomic mass is 16.5. The fourth-order valence-corrected chi connectivity index (χ4v) is 2.49. The second-order valence-corrected chi connectivity index (χ2v) is 5.83. The molecule has 22 heavy (non-hydrogen) atoms. The number of hydrogen-bond acceptors (Lipinski definition) is 4. The van der Waals surface area contributed by atoms with E-state index in [9.17, 15) is 0 Å². The van der Waals surface area contributed by atoms with E-state index >= 15 is 0 Å². The highest BCUT2D eigenvalue weighted by molar-refractivity contribution is 4.58. The zero-order valence-corrected chi connectivity index (χ0v) is 14.9. The molecule has 0 aromatic carbocycles. The van der Waals surface area contributed by atoms with Crippen molar-refractivity contribution in [2.24, 2.45) is 5.92 Å². The van der Waals surface area contributed by atoms with Gasteiger partial charge in [-0.05, 0) is 18.8 Å². The minimum Gasteiger partial charge on any atom is -0.394 e. The van der Waals surface area contributed by atoms with Gasteiger partial charge in [-0.1, -0.05) is 52.4 Å². The summed E-state index contributed by atoms with van der Waals surface area (Å²) < 4.78 is 16.1. The molecule has 0 spiro atoms. The Balaban J connectivity index is 3.22. The largest absolute Gasteiger partial charge is 0.394 e. The van der Waals surface area contributed by atoms with Crippen molar-refractivity contribution >= 4 is 0 Å². The molecule has 4 nitrogen and oxygen atoms in total. The molecule has 0 aromatic rings. The van der Waals surface area contributed by atoms with Crippen LogP contribution in [-0.4, -0.2) is 51.4 Å². The third-order valence-corrected chi connectivity index (χ3v) is 3.92. The van der Waals surface area contributed by atoms with E-state index in [-0.39, 0.29) is 6.61 Å². The predicted molar refractivity (Wildman–Crippen MR) is 91.3 cm³/mol. The number of unbranched alkanes of at least 4 members (excludes halogenated alkanes) is 3. The Morgan fingerprint density at radius 2 is 1.27 bits per heavy atom. The molecule has 4 heteroatoms. The maximum atomic E-state index is 8.53. The summed E-state index contributed by atoms with van der Waals surface area (Å²) in [4.78, 5) is 0. The third kappa shape index (κ3) is 16.2. The molecule has 0 aliphatic carbocycles. The van der Waals surface area contributed by atoms with Gasteiger partial charge >= 0.3 is 0 Å². The fourth-order valence-electron chi connectivity index (χ4n) is 2.49. The van der Waals surface area contributed by atoms with E-state index in [0.717, 1.165) is 18.9 Å². The van der Waals surface area contributed by atoms with Crippen molar-refractivity contribution in [1.82, 2.24) is 0 Å². The van der Waals surface area contributed by atoms with Crippen LogP contribution in [0.15, 0.2) is 0 Å². The lowest BCUT2D eigenvalue weighted by atomic mass is 9.94. The first-order valence-corrected chi connectivity index (χ1v) is 9.19. The molecule has 134 valence electrons. The first-order chi connectivity index (χ1) is 10.8. The minimum absolute atomic E-state index is 0.0699. The summed E-state index contributed by atoms with van der Waals surface area (Å²) in [5.74, 6) is 0.875. The average Bonchev–Trinajstić information content (AvgIpc) is 2.54. The van der Waals surface area contributed by atoms with Crippen LogP contribution in [0.3, 0.4) is 0 Å². The molecular weight excluding hydrogens is 280 g/mol. The minimum atomic E-state index is 0.0699. The smallest absolute Gasteiger partial charge is 0.0701 e. The molecule has 0 aliphatic heterocycles. The number of ether oxygens (including phenoxy) is 3. The van der Waals surface area contributed by atoms with Gasteiger partial charge in [0.05, 0.1) is 39.6 Å². The molecule has 0 heterocycles. The van der Waals surface area contributed by atoms with Gasteiger partial charge in [-0.25, -0.2) is 0 Å². The zero-order chi connectivity index (χ0) is 16.3. The molecule has 0 fully saturated rings. The standard InChI is InChI=1S/C18H38O4/c1-3-5-6-7-9-18(4-2)10-8-12-20-14-16-22-17-15-21-13-11-19/h18-19H,3-17H2,1-2H3. The predicted octanol–water partition coefficient (Wildman–Crippen LogP) is 3.81. The van der Waals surface area contributed by atoms with Crippen molar-refractivity contribution in [3.63, 3.8) is 0 Å². The van der Waals surface area contributed by atoms with Gasteiger partial charge in [-0.15, -0.1) is 0 Å². The average molecular weight is 318 g/mol. The molecule has 0 radical (unpaired) electrons. The molecule has 0 bridgehead atoms. The van der Waals surface area contributed by atoms with Crippen molar-refractivity contribution in [2.45, 2.75) is 65.2 Å². The summed E-state index contributed by atoms with van der Waals surface area (Å²) in [7, 11) is 0. The van der Waals surface area contributed by atoms with E-state index in [1.807, 2.05) is 0 Å². The fraction of sp³-hybridized carbons (Fsp3) is 1.00. The lowest BCUT2D eigenvalue weighted by Gasteiger charge is -2.14. The monoisotopic (exact) mass is 318 g/mol. The summed E-state index contributed by atoms with van der Waals surface area (Å²) in [6.07, 6.45) is 10.6. The number of aliphatic hydroxyl groups is 1. The maximum absolute atomic E-state index is 8.53. The van der Waals surface area contributed by atoms with Gasteiger partial charge in [0, 0.05) is 6.61 Å².